The van der Waals surface area contributed by atoms with Crippen LogP contribution < -0.4 is 0 Å². The lowest BCUT2D eigenvalue weighted by Crippen LogP contribution is -2.31. The number of halogens is 2. The van der Waals surface area contributed by atoms with Crippen molar-refractivity contribution in [3.8, 4) is 0 Å². The number of hydrogen-bond acceptors (Lipinski definition) is 4. The number of ketones is 1. The Kier molecular flexibility index (Phi) is 6.56. The number of aliphatic hydroxyl groups excluding tert-OH is 1. The number of aryl methyl sites for hydroxylation is 2. The van der Waals surface area contributed by atoms with Gasteiger partial charge in [0.2, 0.25) is 0 Å². The van der Waals surface area contributed by atoms with Gasteiger partial charge in [0.1, 0.15) is 5.76 Å². The number of rotatable bonds is 5. The number of carbonyl (C=O) groups excluding carboxylic acids is 2. The van der Waals surface area contributed by atoms with E-state index in [4.69, 9.17) is 11.6 Å². The summed E-state index contributed by atoms with van der Waals surface area (Å²) in [4.78, 5) is 28.7. The Morgan fingerprint density at radius 3 is 2.44 bits per heavy atom. The van der Waals surface area contributed by atoms with Crippen molar-refractivity contribution in [1.29, 1.82) is 0 Å². The third kappa shape index (κ3) is 4.27. The van der Waals surface area contributed by atoms with Gasteiger partial charge in [-0.15, -0.1) is 11.3 Å². The molecular formula is C25H21BrClNO3S. The highest BCUT2D eigenvalue weighted by atomic mass is 79.9. The summed E-state index contributed by atoms with van der Waals surface area (Å²) >= 11 is 10.9. The number of amides is 1. The van der Waals surface area contributed by atoms with Gasteiger partial charge >= 0.3 is 0 Å². The van der Waals surface area contributed by atoms with Gasteiger partial charge in [0.05, 0.1) is 11.6 Å². The molecule has 0 bridgehead atoms. The second-order valence-electron chi connectivity index (χ2n) is 7.80. The molecule has 1 fully saturated rings. The number of benzene rings is 2. The van der Waals surface area contributed by atoms with Gasteiger partial charge in [-0.05, 0) is 72.7 Å². The lowest BCUT2D eigenvalue weighted by Gasteiger charge is -2.25. The molecule has 1 N–H and O–H groups in total. The normalized spacial score (nSPS) is 17.9. The Labute approximate surface area is 204 Å². The zero-order chi connectivity index (χ0) is 23.0. The largest absolute Gasteiger partial charge is 0.507 e. The number of aliphatic hydroxyl groups is 1. The third-order valence-corrected chi connectivity index (χ3v) is 7.89. The van der Waals surface area contributed by atoms with Crippen LogP contribution in [0.25, 0.3) is 5.76 Å². The van der Waals surface area contributed by atoms with Crippen molar-refractivity contribution in [2.45, 2.75) is 26.3 Å². The summed E-state index contributed by atoms with van der Waals surface area (Å²) in [5.41, 5.74) is 3.58. The van der Waals surface area contributed by atoms with Gasteiger partial charge in [-0.1, -0.05) is 45.7 Å². The smallest absolute Gasteiger partial charge is 0.295 e. The summed E-state index contributed by atoms with van der Waals surface area (Å²) in [6, 6.07) is 14.2. The summed E-state index contributed by atoms with van der Waals surface area (Å²) in [5.74, 6) is -1.39. The standard InChI is InChI=1S/C25H21BrClNO3S/c1-14-10-12-32-24(14)21-20(22(29)17-5-8-19(26)15(2)13-17)23(30)25(31)28(21)11-9-16-3-6-18(27)7-4-16/h3-8,10,12-13,21,29H,9,11H2,1-2H3/b22-20-. The molecule has 0 radical (unpaired) electrons. The maximum Gasteiger partial charge on any atom is 0.295 e. The average Bonchev–Trinajstić information content (AvgIpc) is 3.30. The molecule has 3 aromatic rings. The van der Waals surface area contributed by atoms with Crippen LogP contribution in [0.1, 0.15) is 33.2 Å². The summed E-state index contributed by atoms with van der Waals surface area (Å²) in [6.45, 7) is 4.21. The summed E-state index contributed by atoms with van der Waals surface area (Å²) in [6.07, 6.45) is 0.572. The molecule has 0 spiro atoms. The zero-order valence-corrected chi connectivity index (χ0v) is 20.7. The SMILES string of the molecule is Cc1cc(/C(O)=C2/C(=O)C(=O)N(CCc3ccc(Cl)cc3)C2c2sccc2C)ccc1Br. The number of Topliss-reactive ketones (excluding diaryl/α,β-unsaturated/α-hetero) is 1. The molecule has 2 heterocycles. The van der Waals surface area contributed by atoms with E-state index >= 15 is 0 Å². The van der Waals surface area contributed by atoms with Crippen molar-refractivity contribution in [3.63, 3.8) is 0 Å². The van der Waals surface area contributed by atoms with Crippen LogP contribution in [0.15, 0.2) is 64.0 Å². The van der Waals surface area contributed by atoms with E-state index in [1.807, 2.05) is 55.6 Å². The summed E-state index contributed by atoms with van der Waals surface area (Å²) in [7, 11) is 0. The predicted molar refractivity (Wildman–Crippen MR) is 132 cm³/mol. The Morgan fingerprint density at radius 2 is 1.81 bits per heavy atom. The monoisotopic (exact) mass is 529 g/mol. The number of carbonyl (C=O) groups is 2. The Balaban J connectivity index is 1.77. The molecule has 1 aliphatic rings. The van der Waals surface area contributed by atoms with Crippen LogP contribution in [0, 0.1) is 13.8 Å². The molecule has 1 amide bonds. The molecule has 164 valence electrons. The minimum Gasteiger partial charge on any atom is -0.507 e. The van der Waals surface area contributed by atoms with Gasteiger partial charge in [0.25, 0.3) is 11.7 Å². The molecule has 4 rings (SSSR count). The molecule has 1 unspecified atom stereocenters. The molecule has 4 nitrogen and oxygen atoms in total. The van der Waals surface area contributed by atoms with Gasteiger partial charge in [-0.25, -0.2) is 0 Å². The van der Waals surface area contributed by atoms with Crippen molar-refractivity contribution < 1.29 is 14.7 Å². The van der Waals surface area contributed by atoms with Crippen LogP contribution in [0.3, 0.4) is 0 Å². The van der Waals surface area contributed by atoms with Crippen LogP contribution in [0.4, 0.5) is 0 Å². The summed E-state index contributed by atoms with van der Waals surface area (Å²) < 4.78 is 0.906. The minimum absolute atomic E-state index is 0.137. The molecule has 7 heteroatoms. The van der Waals surface area contributed by atoms with E-state index in [9.17, 15) is 14.7 Å². The van der Waals surface area contributed by atoms with Crippen molar-refractivity contribution in [2.24, 2.45) is 0 Å². The van der Waals surface area contributed by atoms with Crippen LogP contribution in [0.2, 0.25) is 5.02 Å². The first-order valence-electron chi connectivity index (χ1n) is 10.1. The van der Waals surface area contributed by atoms with Crippen LogP contribution in [-0.4, -0.2) is 28.2 Å². The second kappa shape index (κ2) is 9.22. The van der Waals surface area contributed by atoms with Gasteiger partial charge in [-0.2, -0.15) is 0 Å². The minimum atomic E-state index is -0.656. The molecule has 1 saturated heterocycles. The quantitative estimate of drug-likeness (QED) is 0.234. The fraction of sp³-hybridized carbons (Fsp3) is 0.200. The van der Waals surface area contributed by atoms with E-state index in [-0.39, 0.29) is 11.3 Å². The van der Waals surface area contributed by atoms with Crippen molar-refractivity contribution in [1.82, 2.24) is 4.90 Å². The molecule has 0 saturated carbocycles. The number of thiophene rings is 1. The van der Waals surface area contributed by atoms with Crippen molar-refractivity contribution >= 4 is 56.3 Å². The molecule has 1 aromatic heterocycles. The predicted octanol–water partition coefficient (Wildman–Crippen LogP) is 6.45. The Hall–Kier alpha value is -2.41. The first kappa shape index (κ1) is 22.8. The maximum absolute atomic E-state index is 13.1. The van der Waals surface area contributed by atoms with E-state index in [0.29, 0.717) is 23.6 Å². The lowest BCUT2D eigenvalue weighted by molar-refractivity contribution is -0.139. The molecule has 0 aliphatic carbocycles. The van der Waals surface area contributed by atoms with Gasteiger partial charge < -0.3 is 10.0 Å². The van der Waals surface area contributed by atoms with Crippen LogP contribution in [0.5, 0.6) is 0 Å². The number of nitrogens with zero attached hydrogens (tertiary/aromatic N) is 1. The van der Waals surface area contributed by atoms with Gasteiger partial charge in [-0.3, -0.25) is 9.59 Å². The zero-order valence-electron chi connectivity index (χ0n) is 17.6. The summed E-state index contributed by atoms with van der Waals surface area (Å²) in [5, 5.41) is 13.8. The highest BCUT2D eigenvalue weighted by Crippen LogP contribution is 2.42. The van der Waals surface area contributed by atoms with Crippen LogP contribution in [-0.2, 0) is 16.0 Å². The van der Waals surface area contributed by atoms with E-state index in [2.05, 4.69) is 15.9 Å². The van der Waals surface area contributed by atoms with Crippen molar-refractivity contribution in [3.05, 3.63) is 96.1 Å². The molecule has 1 aliphatic heterocycles. The average molecular weight is 531 g/mol. The number of hydrogen-bond donors (Lipinski definition) is 1. The highest BCUT2D eigenvalue weighted by Gasteiger charge is 2.46. The van der Waals surface area contributed by atoms with E-state index in [1.165, 1.54) is 11.3 Å². The van der Waals surface area contributed by atoms with Gasteiger partial charge in [0.15, 0.2) is 0 Å². The van der Waals surface area contributed by atoms with Crippen LogP contribution >= 0.6 is 38.9 Å². The molecule has 2 aromatic carbocycles. The number of likely N-dealkylation sites (tertiary alicyclic amines) is 1. The molecule has 32 heavy (non-hydrogen) atoms. The lowest BCUT2D eigenvalue weighted by atomic mass is 9.97. The first-order valence-corrected chi connectivity index (χ1v) is 12.2. The van der Waals surface area contributed by atoms with Gasteiger partial charge in [0, 0.05) is 26.5 Å². The molecular weight excluding hydrogens is 510 g/mol. The van der Waals surface area contributed by atoms with E-state index in [1.54, 1.807) is 17.0 Å². The van der Waals surface area contributed by atoms with E-state index in [0.717, 1.165) is 26.0 Å². The fourth-order valence-corrected chi connectivity index (χ4v) is 5.32. The first-order chi connectivity index (χ1) is 15.3. The topological polar surface area (TPSA) is 57.6 Å². The maximum atomic E-state index is 13.1. The van der Waals surface area contributed by atoms with E-state index < -0.39 is 17.7 Å². The third-order valence-electron chi connectivity index (χ3n) is 5.68. The second-order valence-corrected chi connectivity index (χ2v) is 10.0. The fourth-order valence-electron chi connectivity index (χ4n) is 3.90. The Bertz CT molecular complexity index is 1230. The highest BCUT2D eigenvalue weighted by molar-refractivity contribution is 9.10. The molecule has 1 atom stereocenters. The van der Waals surface area contributed by atoms with Crippen molar-refractivity contribution in [2.75, 3.05) is 6.54 Å². The Morgan fingerprint density at radius 1 is 1.09 bits per heavy atom.